The van der Waals surface area contributed by atoms with E-state index in [1.54, 1.807) is 0 Å². The third kappa shape index (κ3) is 3.00. The van der Waals surface area contributed by atoms with Crippen LogP contribution in [-0.4, -0.2) is 10.5 Å². The lowest BCUT2D eigenvalue weighted by molar-refractivity contribution is -0.255. The Kier molecular flexibility index (Phi) is 4.58. The van der Waals surface area contributed by atoms with Gasteiger partial charge < -0.3 is 14.5 Å². The molecule has 0 saturated heterocycles. The molecule has 0 spiro atoms. The van der Waals surface area contributed by atoms with E-state index in [1.807, 2.05) is 0 Å². The highest BCUT2D eigenvalue weighted by Gasteiger charge is 2.40. The predicted octanol–water partition coefficient (Wildman–Crippen LogP) is 4.17. The molecule has 23 heavy (non-hydrogen) atoms. The van der Waals surface area contributed by atoms with Gasteiger partial charge in [0.15, 0.2) is 0 Å². The second-order valence-electron chi connectivity index (χ2n) is 4.48. The van der Waals surface area contributed by atoms with Gasteiger partial charge in [-0.3, -0.25) is 0 Å². The number of benzene rings is 1. The zero-order chi connectivity index (χ0) is 17.7. The van der Waals surface area contributed by atoms with Crippen LogP contribution < -0.4 is 5.11 Å². The van der Waals surface area contributed by atoms with Crippen molar-refractivity contribution in [1.82, 2.24) is 4.57 Å². The fourth-order valence-corrected chi connectivity index (χ4v) is 3.04. The van der Waals surface area contributed by atoms with Gasteiger partial charge in [-0.1, -0.05) is 34.8 Å². The molecule has 0 unspecified atom stereocenters. The van der Waals surface area contributed by atoms with Crippen molar-refractivity contribution in [3.63, 3.8) is 0 Å². The van der Waals surface area contributed by atoms with Crippen molar-refractivity contribution in [2.75, 3.05) is 0 Å². The molecule has 0 aliphatic carbocycles. The van der Waals surface area contributed by atoms with Crippen molar-refractivity contribution in [3.8, 4) is 11.1 Å². The van der Waals surface area contributed by atoms with Crippen LogP contribution in [0.3, 0.4) is 0 Å². The quantitative estimate of drug-likeness (QED) is 0.724. The first-order valence-electron chi connectivity index (χ1n) is 5.78. The van der Waals surface area contributed by atoms with Crippen LogP contribution in [0.4, 0.5) is 17.6 Å². The number of aromatic carboxylic acids is 1. The molecule has 2 aromatic rings. The smallest absolute Gasteiger partial charge is 0.432 e. The summed E-state index contributed by atoms with van der Waals surface area (Å²) in [6.45, 7) is 0. The van der Waals surface area contributed by atoms with Crippen molar-refractivity contribution in [3.05, 3.63) is 44.4 Å². The Morgan fingerprint density at radius 1 is 1.22 bits per heavy atom. The number of halogens is 7. The van der Waals surface area contributed by atoms with Crippen LogP contribution in [0.5, 0.6) is 0 Å². The van der Waals surface area contributed by atoms with Crippen LogP contribution in [-0.2, 0) is 13.2 Å². The molecule has 0 aliphatic rings. The van der Waals surface area contributed by atoms with Crippen molar-refractivity contribution in [2.24, 2.45) is 7.05 Å². The largest absolute Gasteiger partial charge is 0.545 e. The molecule has 1 aromatic carbocycles. The zero-order valence-corrected chi connectivity index (χ0v) is 13.3. The topological polar surface area (TPSA) is 45.1 Å². The minimum atomic E-state index is -4.84. The number of rotatable bonds is 2. The molecule has 1 heterocycles. The van der Waals surface area contributed by atoms with Gasteiger partial charge in [0.05, 0.1) is 16.0 Å². The van der Waals surface area contributed by atoms with Gasteiger partial charge in [0.25, 0.3) is 0 Å². The van der Waals surface area contributed by atoms with Crippen LogP contribution in [0.25, 0.3) is 11.1 Å². The standard InChI is InChI=1S/C13H6Cl3F4NO2/c1-21-10(13(18,19)20)9(15)8(11(21)16)5-2-4(12(22)23)6(14)3-7(5)17/h2-3H,1H3,(H,22,23)/p-1. The van der Waals surface area contributed by atoms with E-state index in [9.17, 15) is 27.5 Å². The summed E-state index contributed by atoms with van der Waals surface area (Å²) in [6.07, 6.45) is -4.84. The molecule has 124 valence electrons. The third-order valence-corrected chi connectivity index (χ3v) is 4.20. The molecule has 1 aromatic heterocycles. The number of carboxylic acids is 1. The van der Waals surface area contributed by atoms with Crippen molar-refractivity contribution in [1.29, 1.82) is 0 Å². The first-order chi connectivity index (χ1) is 10.5. The summed E-state index contributed by atoms with van der Waals surface area (Å²) < 4.78 is 53.6. The lowest BCUT2D eigenvalue weighted by atomic mass is 10.0. The third-order valence-electron chi connectivity index (χ3n) is 3.08. The first-order valence-corrected chi connectivity index (χ1v) is 6.91. The van der Waals surface area contributed by atoms with Gasteiger partial charge in [-0.2, -0.15) is 13.2 Å². The Hall–Kier alpha value is -1.44. The van der Waals surface area contributed by atoms with Crippen LogP contribution in [0.1, 0.15) is 16.1 Å². The van der Waals surface area contributed by atoms with Crippen molar-refractivity contribution >= 4 is 40.8 Å². The van der Waals surface area contributed by atoms with Crippen molar-refractivity contribution in [2.45, 2.75) is 6.18 Å². The van der Waals surface area contributed by atoms with Gasteiger partial charge in [-0.05, 0) is 12.1 Å². The summed E-state index contributed by atoms with van der Waals surface area (Å²) in [6, 6.07) is 1.36. The number of aromatic nitrogens is 1. The van der Waals surface area contributed by atoms with E-state index in [4.69, 9.17) is 34.8 Å². The average Bonchev–Trinajstić information content (AvgIpc) is 2.60. The number of hydrogen-bond donors (Lipinski definition) is 0. The van der Waals surface area contributed by atoms with Gasteiger partial charge in [0.2, 0.25) is 0 Å². The predicted molar refractivity (Wildman–Crippen MR) is 75.2 cm³/mol. The van der Waals surface area contributed by atoms with Gasteiger partial charge in [-0.15, -0.1) is 0 Å². The normalized spacial score (nSPS) is 11.8. The molecule has 0 saturated carbocycles. The Morgan fingerprint density at radius 3 is 2.22 bits per heavy atom. The summed E-state index contributed by atoms with van der Waals surface area (Å²) in [4.78, 5) is 10.9. The van der Waals surface area contributed by atoms with Gasteiger partial charge >= 0.3 is 6.18 Å². The number of carbonyl (C=O) groups excluding carboxylic acids is 1. The molecule has 0 N–H and O–H groups in total. The zero-order valence-electron chi connectivity index (χ0n) is 11.1. The maximum atomic E-state index is 14.1. The van der Waals surface area contributed by atoms with E-state index in [1.165, 1.54) is 0 Å². The molecule has 0 bridgehead atoms. The van der Waals surface area contributed by atoms with Gasteiger partial charge in [0.1, 0.15) is 16.7 Å². The number of nitrogens with zero attached hydrogens (tertiary/aromatic N) is 1. The Labute approximate surface area is 142 Å². The van der Waals surface area contributed by atoms with E-state index < -0.39 is 55.5 Å². The van der Waals surface area contributed by atoms with E-state index in [2.05, 4.69) is 0 Å². The van der Waals surface area contributed by atoms with Gasteiger partial charge in [-0.25, -0.2) is 4.39 Å². The minimum absolute atomic E-state index is 0.467. The Balaban J connectivity index is 2.84. The Morgan fingerprint density at radius 2 is 1.78 bits per heavy atom. The first kappa shape index (κ1) is 17.9. The van der Waals surface area contributed by atoms with E-state index in [0.29, 0.717) is 10.6 Å². The fourth-order valence-electron chi connectivity index (χ4n) is 2.06. The highest BCUT2D eigenvalue weighted by molar-refractivity contribution is 6.40. The Bertz CT molecular complexity index is 815. The molecule has 2 rings (SSSR count). The summed E-state index contributed by atoms with van der Waals surface area (Å²) in [5.41, 5.74) is -2.91. The summed E-state index contributed by atoms with van der Waals surface area (Å²) in [7, 11) is 0.994. The highest BCUT2D eigenvalue weighted by Crippen LogP contribution is 2.46. The summed E-state index contributed by atoms with van der Waals surface area (Å²) in [5.74, 6) is -2.81. The monoisotopic (exact) mass is 388 g/mol. The average molecular weight is 390 g/mol. The maximum Gasteiger partial charge on any atom is 0.432 e. The summed E-state index contributed by atoms with van der Waals surface area (Å²) in [5, 5.41) is 9.12. The number of alkyl halides is 3. The van der Waals surface area contributed by atoms with Crippen molar-refractivity contribution < 1.29 is 27.5 Å². The second kappa shape index (κ2) is 5.89. The lowest BCUT2D eigenvalue weighted by Crippen LogP contribution is -2.22. The minimum Gasteiger partial charge on any atom is -0.545 e. The van der Waals surface area contributed by atoms with Crippen LogP contribution >= 0.6 is 34.8 Å². The molecular weight excluding hydrogens is 384 g/mol. The SMILES string of the molecule is Cn1c(Cl)c(-c2cc(C(=O)[O-])c(Cl)cc2F)c(Cl)c1C(F)(F)F. The molecule has 0 amide bonds. The van der Waals surface area contributed by atoms with Crippen LogP contribution in [0, 0.1) is 5.82 Å². The number of carboxylic acid groups (broad SMARTS) is 1. The van der Waals surface area contributed by atoms with Gasteiger partial charge in [0, 0.05) is 23.7 Å². The highest BCUT2D eigenvalue weighted by atomic mass is 35.5. The van der Waals surface area contributed by atoms with E-state index in [0.717, 1.165) is 13.1 Å². The number of carbonyl (C=O) groups is 1. The molecule has 0 fully saturated rings. The molecular formula is C13H5Cl3F4NO2-. The lowest BCUT2D eigenvalue weighted by Gasteiger charge is -2.10. The molecule has 3 nitrogen and oxygen atoms in total. The van der Waals surface area contributed by atoms with E-state index >= 15 is 0 Å². The van der Waals surface area contributed by atoms with E-state index in [-0.39, 0.29) is 0 Å². The molecule has 10 heteroatoms. The molecule has 0 atom stereocenters. The number of hydrogen-bond acceptors (Lipinski definition) is 2. The maximum absolute atomic E-state index is 14.1. The van der Waals surface area contributed by atoms with Crippen LogP contribution in [0.15, 0.2) is 12.1 Å². The molecule has 0 radical (unpaired) electrons. The second-order valence-corrected chi connectivity index (χ2v) is 5.63. The fraction of sp³-hybridized carbons (Fsp3) is 0.154. The summed E-state index contributed by atoms with van der Waals surface area (Å²) >= 11 is 17.1. The van der Waals surface area contributed by atoms with Crippen LogP contribution in [0.2, 0.25) is 15.2 Å². The molecule has 0 aliphatic heterocycles.